The molecule has 0 spiro atoms. The van der Waals surface area contributed by atoms with Crippen LogP contribution in [-0.4, -0.2) is 41.4 Å². The summed E-state index contributed by atoms with van der Waals surface area (Å²) >= 11 is 1.44. The summed E-state index contributed by atoms with van der Waals surface area (Å²) in [6.45, 7) is 0.157. The highest BCUT2D eigenvalue weighted by Crippen LogP contribution is 2.25. The van der Waals surface area contributed by atoms with E-state index >= 15 is 0 Å². The van der Waals surface area contributed by atoms with Gasteiger partial charge in [0, 0.05) is 6.54 Å². The fourth-order valence-corrected chi connectivity index (χ4v) is 5.06. The zero-order valence-electron chi connectivity index (χ0n) is 16.8. The van der Waals surface area contributed by atoms with Gasteiger partial charge in [-0.15, -0.1) is 16.4 Å². The Labute approximate surface area is 188 Å². The maximum atomic E-state index is 13.3. The highest BCUT2D eigenvalue weighted by molar-refractivity contribution is 7.91. The Kier molecular flexibility index (Phi) is 6.42. The van der Waals surface area contributed by atoms with Gasteiger partial charge in [-0.3, -0.25) is 4.79 Å². The van der Waals surface area contributed by atoms with Crippen molar-refractivity contribution in [2.45, 2.75) is 11.3 Å². The molecule has 4 aromatic rings. The molecule has 0 bridgehead atoms. The molecule has 1 N–H and O–H groups in total. The molecule has 1 amide bonds. The summed E-state index contributed by atoms with van der Waals surface area (Å²) in [4.78, 5) is 18.0. The fraction of sp³-hybridized carbons (Fsp3) is 0.136. The molecule has 0 saturated heterocycles. The monoisotopic (exact) mass is 470 g/mol. The average Bonchev–Trinajstić information content (AvgIpc) is 3.48. The van der Waals surface area contributed by atoms with E-state index in [4.69, 9.17) is 0 Å². The van der Waals surface area contributed by atoms with Crippen molar-refractivity contribution < 1.29 is 17.6 Å². The first-order valence-electron chi connectivity index (χ1n) is 9.77. The van der Waals surface area contributed by atoms with E-state index in [-0.39, 0.29) is 35.3 Å². The van der Waals surface area contributed by atoms with Crippen molar-refractivity contribution in [2.24, 2.45) is 0 Å². The Balaban J connectivity index is 1.46. The zero-order valence-corrected chi connectivity index (χ0v) is 18.4. The number of sulfone groups is 1. The van der Waals surface area contributed by atoms with Crippen LogP contribution in [0.15, 0.2) is 77.0 Å². The molecule has 0 aliphatic heterocycles. The van der Waals surface area contributed by atoms with E-state index in [0.29, 0.717) is 11.5 Å². The molecule has 2 heterocycles. The molecule has 2 aromatic carbocycles. The van der Waals surface area contributed by atoms with Crippen molar-refractivity contribution in [3.8, 4) is 16.4 Å². The molecule has 4 rings (SSSR count). The number of aromatic nitrogens is 3. The van der Waals surface area contributed by atoms with Crippen molar-refractivity contribution >= 4 is 27.1 Å². The lowest BCUT2D eigenvalue weighted by Gasteiger charge is -2.05. The van der Waals surface area contributed by atoms with Gasteiger partial charge in [0.15, 0.2) is 15.7 Å². The number of nitrogens with zero attached hydrogens (tertiary/aromatic N) is 3. The number of benzene rings is 2. The fourth-order valence-electron chi connectivity index (χ4n) is 3.02. The van der Waals surface area contributed by atoms with Crippen LogP contribution in [0.3, 0.4) is 0 Å². The highest BCUT2D eigenvalue weighted by Gasteiger charge is 2.20. The summed E-state index contributed by atoms with van der Waals surface area (Å²) < 4.78 is 39.5. The van der Waals surface area contributed by atoms with E-state index in [0.717, 1.165) is 4.88 Å². The molecule has 164 valence electrons. The first-order chi connectivity index (χ1) is 15.4. The summed E-state index contributed by atoms with van der Waals surface area (Å²) in [6, 6.07) is 17.6. The van der Waals surface area contributed by atoms with Gasteiger partial charge in [-0.05, 0) is 54.3 Å². The lowest BCUT2D eigenvalue weighted by Crippen LogP contribution is -2.27. The molecule has 0 radical (unpaired) electrons. The van der Waals surface area contributed by atoms with Gasteiger partial charge < -0.3 is 5.32 Å². The van der Waals surface area contributed by atoms with Crippen LogP contribution in [0.25, 0.3) is 16.4 Å². The lowest BCUT2D eigenvalue weighted by molar-refractivity contribution is 0.0943. The minimum Gasteiger partial charge on any atom is -0.349 e. The number of carbonyl (C=O) groups is 1. The third-order valence-corrected chi connectivity index (χ3v) is 7.28. The number of thiophene rings is 1. The van der Waals surface area contributed by atoms with E-state index in [1.54, 1.807) is 42.5 Å². The molecular formula is C22H19FN4O3S2. The molecule has 7 nitrogen and oxygen atoms in total. The Morgan fingerprint density at radius 2 is 1.78 bits per heavy atom. The van der Waals surface area contributed by atoms with Gasteiger partial charge in [0.05, 0.1) is 21.2 Å². The Morgan fingerprint density at radius 1 is 1.03 bits per heavy atom. The van der Waals surface area contributed by atoms with Crippen LogP contribution in [0.4, 0.5) is 4.39 Å². The molecule has 0 saturated carbocycles. The van der Waals surface area contributed by atoms with Crippen LogP contribution in [0.2, 0.25) is 0 Å². The summed E-state index contributed by atoms with van der Waals surface area (Å²) in [6.07, 6.45) is 0.249. The molecule has 0 fully saturated rings. The number of hydrogen-bond donors (Lipinski definition) is 1. The molecule has 0 unspecified atom stereocenters. The second-order valence-corrected chi connectivity index (χ2v) is 9.92. The topological polar surface area (TPSA) is 94.0 Å². The standard InChI is InChI=1S/C22H19FN4O3S2/c23-16-9-11-17(12-10-16)27-21(19-8-4-14-31-19)25-20(26-27)22(28)24-13-5-15-32(29,30)18-6-2-1-3-7-18/h1-4,6-12,14H,5,13,15H2,(H,24,28). The summed E-state index contributed by atoms with van der Waals surface area (Å²) in [5, 5.41) is 8.85. The number of hydrogen-bond acceptors (Lipinski definition) is 6. The number of nitrogens with one attached hydrogen (secondary N) is 1. The van der Waals surface area contributed by atoms with Gasteiger partial charge >= 0.3 is 0 Å². The molecular weight excluding hydrogens is 451 g/mol. The molecule has 32 heavy (non-hydrogen) atoms. The molecule has 2 aromatic heterocycles. The Hall–Kier alpha value is -3.37. The summed E-state index contributed by atoms with van der Waals surface area (Å²) in [5.41, 5.74) is 0.565. The highest BCUT2D eigenvalue weighted by atomic mass is 32.2. The predicted molar refractivity (Wildman–Crippen MR) is 120 cm³/mol. The van der Waals surface area contributed by atoms with Crippen LogP contribution >= 0.6 is 11.3 Å². The van der Waals surface area contributed by atoms with E-state index < -0.39 is 15.7 Å². The largest absolute Gasteiger partial charge is 0.349 e. The number of carbonyl (C=O) groups excluding carboxylic acids is 1. The van der Waals surface area contributed by atoms with Crippen molar-refractivity contribution in [3.05, 3.63) is 83.8 Å². The minimum absolute atomic E-state index is 0.0522. The van der Waals surface area contributed by atoms with Crippen molar-refractivity contribution in [3.63, 3.8) is 0 Å². The van der Waals surface area contributed by atoms with Gasteiger partial charge in [0.2, 0.25) is 5.82 Å². The minimum atomic E-state index is -3.41. The summed E-state index contributed by atoms with van der Waals surface area (Å²) in [5.74, 6) is -0.572. The lowest BCUT2D eigenvalue weighted by atomic mass is 10.3. The average molecular weight is 471 g/mol. The SMILES string of the molecule is O=C(NCCCS(=O)(=O)c1ccccc1)c1nc(-c2cccs2)n(-c2ccc(F)cc2)n1. The van der Waals surface area contributed by atoms with Crippen LogP contribution in [-0.2, 0) is 9.84 Å². The summed E-state index contributed by atoms with van der Waals surface area (Å²) in [7, 11) is -3.41. The van der Waals surface area contributed by atoms with E-state index in [1.807, 2.05) is 17.5 Å². The second kappa shape index (κ2) is 9.41. The third kappa shape index (κ3) is 4.92. The maximum Gasteiger partial charge on any atom is 0.290 e. The molecule has 10 heteroatoms. The van der Waals surface area contributed by atoms with E-state index in [1.165, 1.54) is 28.2 Å². The number of amides is 1. The van der Waals surface area contributed by atoms with Crippen LogP contribution in [0.1, 0.15) is 17.0 Å². The van der Waals surface area contributed by atoms with Gasteiger partial charge in [0.1, 0.15) is 5.82 Å². The van der Waals surface area contributed by atoms with E-state index in [9.17, 15) is 17.6 Å². The quantitative estimate of drug-likeness (QED) is 0.396. The van der Waals surface area contributed by atoms with Crippen molar-refractivity contribution in [2.75, 3.05) is 12.3 Å². The predicted octanol–water partition coefficient (Wildman–Crippen LogP) is 3.73. The second-order valence-electron chi connectivity index (χ2n) is 6.87. The molecule has 0 aliphatic carbocycles. The van der Waals surface area contributed by atoms with Crippen LogP contribution in [0, 0.1) is 5.82 Å². The van der Waals surface area contributed by atoms with Crippen LogP contribution < -0.4 is 5.32 Å². The maximum absolute atomic E-state index is 13.3. The van der Waals surface area contributed by atoms with E-state index in [2.05, 4.69) is 15.4 Å². The first-order valence-corrected chi connectivity index (χ1v) is 12.3. The number of halogens is 1. The Morgan fingerprint density at radius 3 is 2.47 bits per heavy atom. The van der Waals surface area contributed by atoms with Crippen LogP contribution in [0.5, 0.6) is 0 Å². The smallest absolute Gasteiger partial charge is 0.290 e. The van der Waals surface area contributed by atoms with Crippen molar-refractivity contribution in [1.29, 1.82) is 0 Å². The first kappa shape index (κ1) is 21.8. The molecule has 0 atom stereocenters. The van der Waals surface area contributed by atoms with Gasteiger partial charge in [-0.25, -0.2) is 22.5 Å². The van der Waals surface area contributed by atoms with Crippen molar-refractivity contribution in [1.82, 2.24) is 20.1 Å². The third-order valence-electron chi connectivity index (χ3n) is 4.60. The zero-order chi connectivity index (χ0) is 22.6. The van der Waals surface area contributed by atoms with Gasteiger partial charge in [-0.1, -0.05) is 24.3 Å². The Bertz CT molecular complexity index is 1300. The normalized spacial score (nSPS) is 11.4. The molecule has 0 aliphatic rings. The van der Waals surface area contributed by atoms with Gasteiger partial charge in [-0.2, -0.15) is 0 Å². The number of rotatable bonds is 8. The van der Waals surface area contributed by atoms with Gasteiger partial charge in [0.25, 0.3) is 5.91 Å².